The van der Waals surface area contributed by atoms with Crippen LogP contribution in [0.25, 0.3) is 0 Å². The first-order chi connectivity index (χ1) is 15.1. The summed E-state index contributed by atoms with van der Waals surface area (Å²) in [4.78, 5) is 19.1. The Bertz CT molecular complexity index is 1040. The lowest BCUT2D eigenvalue weighted by molar-refractivity contribution is 0.206. The molecule has 8 heteroatoms. The minimum absolute atomic E-state index is 0. The summed E-state index contributed by atoms with van der Waals surface area (Å²) >= 11 is 6.05. The third-order valence-corrected chi connectivity index (χ3v) is 5.22. The zero-order chi connectivity index (χ0) is 22.1. The van der Waals surface area contributed by atoms with E-state index in [0.29, 0.717) is 35.9 Å². The molecule has 0 saturated heterocycles. The van der Waals surface area contributed by atoms with Crippen molar-refractivity contribution in [3.05, 3.63) is 82.9 Å². The Morgan fingerprint density at radius 3 is 2.69 bits per heavy atom. The molecular formula is C24H27Cl2N5O. The van der Waals surface area contributed by atoms with Gasteiger partial charge in [0.1, 0.15) is 0 Å². The number of unbranched alkanes of at least 4 members (excludes halogenated alkanes) is 2. The van der Waals surface area contributed by atoms with Crippen LogP contribution in [-0.2, 0) is 13.1 Å². The lowest BCUT2D eigenvalue weighted by Gasteiger charge is -2.24. The average molecular weight is 472 g/mol. The van der Waals surface area contributed by atoms with Crippen LogP contribution in [0.4, 0.5) is 10.5 Å². The number of carbonyl (C=O) groups excluding carboxylic acids is 1. The summed E-state index contributed by atoms with van der Waals surface area (Å²) < 4.78 is 2.03. The molecular weight excluding hydrogens is 445 g/mol. The first-order valence-corrected chi connectivity index (χ1v) is 10.8. The Labute approximate surface area is 200 Å². The Hall–Kier alpha value is -3.01. The van der Waals surface area contributed by atoms with Gasteiger partial charge in [0, 0.05) is 30.0 Å². The molecule has 1 N–H and O–H groups in total. The Kier molecular flexibility index (Phi) is 10.1. The molecule has 2 amide bonds. The van der Waals surface area contributed by atoms with Crippen LogP contribution in [0.15, 0.2) is 61.1 Å². The van der Waals surface area contributed by atoms with E-state index in [4.69, 9.17) is 16.9 Å². The molecule has 0 bridgehead atoms. The molecule has 1 aromatic heterocycles. The van der Waals surface area contributed by atoms with Gasteiger partial charge in [-0.25, -0.2) is 9.78 Å². The largest absolute Gasteiger partial charge is 0.329 e. The molecule has 0 unspecified atom stereocenters. The zero-order valence-electron chi connectivity index (χ0n) is 18.0. The fourth-order valence-corrected chi connectivity index (χ4v) is 3.46. The summed E-state index contributed by atoms with van der Waals surface area (Å²) in [5.41, 5.74) is 3.32. The van der Waals surface area contributed by atoms with Crippen molar-refractivity contribution >= 4 is 35.7 Å². The van der Waals surface area contributed by atoms with Gasteiger partial charge in [-0.3, -0.25) is 0 Å². The predicted molar refractivity (Wildman–Crippen MR) is 130 cm³/mol. The number of rotatable bonds is 9. The number of amides is 2. The third-order valence-electron chi connectivity index (χ3n) is 4.98. The molecule has 0 atom stereocenters. The maximum atomic E-state index is 13.0. The molecule has 2 aromatic carbocycles. The van der Waals surface area contributed by atoms with Gasteiger partial charge in [-0.15, -0.1) is 12.4 Å². The number of urea groups is 1. The van der Waals surface area contributed by atoms with Crippen LogP contribution in [0.2, 0.25) is 5.02 Å². The zero-order valence-corrected chi connectivity index (χ0v) is 19.6. The Balaban J connectivity index is 0.00000363. The van der Waals surface area contributed by atoms with Crippen LogP contribution in [0.5, 0.6) is 0 Å². The molecule has 0 saturated carbocycles. The van der Waals surface area contributed by atoms with Gasteiger partial charge in [0.15, 0.2) is 0 Å². The number of nitriles is 1. The smallest absolute Gasteiger partial charge is 0.322 e. The molecule has 0 aliphatic rings. The quantitative estimate of drug-likeness (QED) is 0.382. The number of nitrogens with zero attached hydrogens (tertiary/aromatic N) is 4. The van der Waals surface area contributed by atoms with E-state index in [2.05, 4.69) is 23.3 Å². The van der Waals surface area contributed by atoms with Crippen molar-refractivity contribution in [1.82, 2.24) is 14.5 Å². The fraction of sp³-hybridized carbons (Fsp3) is 0.292. The number of hydrogen-bond donors (Lipinski definition) is 1. The second-order valence-corrected chi connectivity index (χ2v) is 7.83. The van der Waals surface area contributed by atoms with Gasteiger partial charge in [0.25, 0.3) is 0 Å². The van der Waals surface area contributed by atoms with E-state index in [-0.39, 0.29) is 18.4 Å². The van der Waals surface area contributed by atoms with E-state index in [1.807, 2.05) is 33.7 Å². The van der Waals surface area contributed by atoms with Crippen molar-refractivity contribution in [2.45, 2.75) is 39.3 Å². The molecule has 0 aliphatic carbocycles. The van der Waals surface area contributed by atoms with Crippen LogP contribution < -0.4 is 5.32 Å². The highest BCUT2D eigenvalue weighted by Gasteiger charge is 2.16. The summed E-state index contributed by atoms with van der Waals surface area (Å²) in [7, 11) is 0. The van der Waals surface area contributed by atoms with E-state index in [0.717, 1.165) is 30.5 Å². The Morgan fingerprint density at radius 2 is 2.00 bits per heavy atom. The molecule has 0 radical (unpaired) electrons. The van der Waals surface area contributed by atoms with Gasteiger partial charge < -0.3 is 14.8 Å². The molecule has 0 spiro atoms. The number of carbonyl (C=O) groups is 1. The van der Waals surface area contributed by atoms with Crippen molar-refractivity contribution in [1.29, 1.82) is 5.26 Å². The summed E-state index contributed by atoms with van der Waals surface area (Å²) in [5, 5.41) is 12.5. The predicted octanol–water partition coefficient (Wildman–Crippen LogP) is 6.10. The lowest BCUT2D eigenvalue weighted by atomic mass is 10.1. The SMILES string of the molecule is CCCCCN(Cc1cncn1Cc1ccc(C#N)cc1)C(=O)Nc1cccc(Cl)c1.Cl. The van der Waals surface area contributed by atoms with Crippen LogP contribution >= 0.6 is 24.0 Å². The van der Waals surface area contributed by atoms with E-state index in [9.17, 15) is 4.79 Å². The molecule has 3 aromatic rings. The molecule has 168 valence electrons. The molecule has 0 aliphatic heterocycles. The number of halogens is 2. The number of nitrogens with one attached hydrogen (secondary N) is 1. The molecule has 3 rings (SSSR count). The summed E-state index contributed by atoms with van der Waals surface area (Å²) in [6.45, 7) is 3.87. The van der Waals surface area contributed by atoms with Gasteiger partial charge in [-0.2, -0.15) is 5.26 Å². The maximum Gasteiger partial charge on any atom is 0.322 e. The van der Waals surface area contributed by atoms with E-state index in [1.165, 1.54) is 0 Å². The van der Waals surface area contributed by atoms with Crippen LogP contribution in [0.3, 0.4) is 0 Å². The van der Waals surface area contributed by atoms with E-state index in [1.54, 1.807) is 36.8 Å². The second-order valence-electron chi connectivity index (χ2n) is 7.39. The molecule has 6 nitrogen and oxygen atoms in total. The van der Waals surface area contributed by atoms with E-state index < -0.39 is 0 Å². The summed E-state index contributed by atoms with van der Waals surface area (Å²) in [6.07, 6.45) is 6.64. The second kappa shape index (κ2) is 12.7. The van der Waals surface area contributed by atoms with Gasteiger partial charge in [-0.1, -0.05) is 49.6 Å². The number of aromatic nitrogens is 2. The van der Waals surface area contributed by atoms with Crippen molar-refractivity contribution in [2.24, 2.45) is 0 Å². The number of benzene rings is 2. The minimum Gasteiger partial charge on any atom is -0.329 e. The summed E-state index contributed by atoms with van der Waals surface area (Å²) in [6, 6.07) is 16.6. The third kappa shape index (κ3) is 7.30. The van der Waals surface area contributed by atoms with Crippen molar-refractivity contribution in [3.63, 3.8) is 0 Å². The standard InChI is InChI=1S/C24H26ClN5O.ClH/c1-2-3-4-12-29(24(31)28-22-7-5-6-21(25)13-22)17-23-15-27-18-30(23)16-20-10-8-19(14-26)9-11-20;/h5-11,13,15,18H,2-4,12,16-17H2,1H3,(H,28,31);1H. The van der Waals surface area contributed by atoms with E-state index >= 15 is 0 Å². The first kappa shape index (κ1) is 25.3. The van der Waals surface area contributed by atoms with Crippen LogP contribution in [0, 0.1) is 11.3 Å². The van der Waals surface area contributed by atoms with Crippen LogP contribution in [0.1, 0.15) is 43.0 Å². The molecule has 0 fully saturated rings. The topological polar surface area (TPSA) is 74.0 Å². The average Bonchev–Trinajstić information content (AvgIpc) is 3.20. The molecule has 1 heterocycles. The normalized spacial score (nSPS) is 10.2. The first-order valence-electron chi connectivity index (χ1n) is 10.4. The highest BCUT2D eigenvalue weighted by atomic mass is 35.5. The monoisotopic (exact) mass is 471 g/mol. The summed E-state index contributed by atoms with van der Waals surface area (Å²) in [5.74, 6) is 0. The highest BCUT2D eigenvalue weighted by molar-refractivity contribution is 6.30. The van der Waals surface area contributed by atoms with Gasteiger partial charge in [0.2, 0.25) is 0 Å². The Morgan fingerprint density at radius 1 is 1.22 bits per heavy atom. The van der Waals surface area contributed by atoms with Crippen molar-refractivity contribution < 1.29 is 4.79 Å². The van der Waals surface area contributed by atoms with Gasteiger partial charge >= 0.3 is 6.03 Å². The number of hydrogen-bond acceptors (Lipinski definition) is 3. The lowest BCUT2D eigenvalue weighted by Crippen LogP contribution is -2.36. The fourth-order valence-electron chi connectivity index (χ4n) is 3.27. The highest BCUT2D eigenvalue weighted by Crippen LogP contribution is 2.17. The minimum atomic E-state index is -0.163. The van der Waals surface area contributed by atoms with Gasteiger partial charge in [0.05, 0.1) is 30.2 Å². The maximum absolute atomic E-state index is 13.0. The number of imidazole rings is 1. The van der Waals surface area contributed by atoms with Crippen molar-refractivity contribution in [2.75, 3.05) is 11.9 Å². The van der Waals surface area contributed by atoms with Crippen molar-refractivity contribution in [3.8, 4) is 6.07 Å². The number of anilines is 1. The van der Waals surface area contributed by atoms with Gasteiger partial charge in [-0.05, 0) is 42.3 Å². The van der Waals surface area contributed by atoms with Crippen LogP contribution in [-0.4, -0.2) is 27.0 Å². The molecule has 32 heavy (non-hydrogen) atoms.